The van der Waals surface area contributed by atoms with Crippen molar-refractivity contribution in [1.29, 1.82) is 0 Å². The van der Waals surface area contributed by atoms with Crippen LogP contribution in [0.1, 0.15) is 26.2 Å². The molecule has 0 aromatic rings. The number of unbranched alkanes of at least 4 members (excludes halogenated alkanes) is 1. The highest BCUT2D eigenvalue weighted by Gasteiger charge is 2.12. The molecule has 0 aliphatic carbocycles. The number of aliphatic carboxylic acids is 1. The molecule has 0 aliphatic rings. The minimum Gasteiger partial charge on any atom is -0.480 e. The fourth-order valence-electron chi connectivity index (χ4n) is 1.10. The summed E-state index contributed by atoms with van der Waals surface area (Å²) in [6.45, 7) is 2.07. The number of carbonyl (C=O) groups excluding carboxylic acids is 1. The normalized spacial score (nSPS) is 14.1. The van der Waals surface area contributed by atoms with Crippen molar-refractivity contribution in [2.45, 2.75) is 38.3 Å². The monoisotopic (exact) mass is 231 g/mol. The summed E-state index contributed by atoms with van der Waals surface area (Å²) in [7, 11) is 0. The maximum atomic E-state index is 10.7. The highest BCUT2D eigenvalue weighted by Crippen LogP contribution is 1.98. The topological polar surface area (TPSA) is 122 Å². The quantitative estimate of drug-likeness (QED) is 0.394. The first-order valence-corrected chi connectivity index (χ1v) is 5.08. The molecule has 0 bridgehead atoms. The summed E-state index contributed by atoms with van der Waals surface area (Å²) in [5.41, 5.74) is 5.30. The Balaban J connectivity index is 3.50. The average Bonchev–Trinajstić information content (AvgIpc) is 2.26. The van der Waals surface area contributed by atoms with E-state index in [1.807, 2.05) is 0 Å². The van der Waals surface area contributed by atoms with Crippen molar-refractivity contribution in [3.8, 4) is 0 Å². The van der Waals surface area contributed by atoms with Gasteiger partial charge in [-0.15, -0.1) is 4.91 Å². The molecular formula is C9H17N3O4. The SMILES string of the molecule is CC(NCCCCC(N)C(=O)O)C(=O)N=O. The van der Waals surface area contributed by atoms with Crippen molar-refractivity contribution in [2.75, 3.05) is 6.54 Å². The van der Waals surface area contributed by atoms with E-state index < -0.39 is 24.0 Å². The van der Waals surface area contributed by atoms with Crippen LogP contribution < -0.4 is 11.1 Å². The van der Waals surface area contributed by atoms with Gasteiger partial charge in [0.25, 0.3) is 0 Å². The summed E-state index contributed by atoms with van der Waals surface area (Å²) in [6, 6.07) is -1.43. The summed E-state index contributed by atoms with van der Waals surface area (Å²) < 4.78 is 0. The van der Waals surface area contributed by atoms with Gasteiger partial charge in [-0.05, 0) is 26.3 Å². The highest BCUT2D eigenvalue weighted by atomic mass is 16.4. The lowest BCUT2D eigenvalue weighted by Crippen LogP contribution is -2.34. The molecule has 0 aromatic carbocycles. The zero-order valence-electron chi connectivity index (χ0n) is 9.18. The standard InChI is InChI=1S/C9H17N3O4/c1-6(8(13)12-16)11-5-3-2-4-7(10)9(14)15/h6-7,11H,2-5,10H2,1H3,(H,14,15). The molecule has 2 unspecified atom stereocenters. The number of carboxylic acid groups (broad SMARTS) is 1. The molecular weight excluding hydrogens is 214 g/mol. The molecule has 7 nitrogen and oxygen atoms in total. The minimum atomic E-state index is -1.01. The predicted octanol–water partition coefficient (Wildman–Crippen LogP) is -0.160. The number of nitrogens with zero attached hydrogens (tertiary/aromatic N) is 1. The van der Waals surface area contributed by atoms with E-state index in [-0.39, 0.29) is 0 Å². The minimum absolute atomic E-state index is 0.394. The van der Waals surface area contributed by atoms with E-state index in [2.05, 4.69) is 10.5 Å². The van der Waals surface area contributed by atoms with Crippen molar-refractivity contribution in [1.82, 2.24) is 5.32 Å². The number of nitrogens with one attached hydrogen (secondary N) is 1. The average molecular weight is 231 g/mol. The Labute approximate surface area is 93.4 Å². The molecule has 0 radical (unpaired) electrons. The molecule has 16 heavy (non-hydrogen) atoms. The number of nitrogens with two attached hydrogens (primary N) is 1. The van der Waals surface area contributed by atoms with Crippen molar-refractivity contribution in [3.63, 3.8) is 0 Å². The van der Waals surface area contributed by atoms with E-state index in [1.165, 1.54) is 0 Å². The maximum absolute atomic E-state index is 10.7. The van der Waals surface area contributed by atoms with Crippen LogP contribution in [0, 0.1) is 4.91 Å². The van der Waals surface area contributed by atoms with E-state index in [0.717, 1.165) is 0 Å². The van der Waals surface area contributed by atoms with Crippen LogP contribution in [0.25, 0.3) is 0 Å². The van der Waals surface area contributed by atoms with Gasteiger partial charge in [-0.2, -0.15) is 0 Å². The Morgan fingerprint density at radius 2 is 2.06 bits per heavy atom. The van der Waals surface area contributed by atoms with Crippen LogP contribution >= 0.6 is 0 Å². The Kier molecular flexibility index (Phi) is 7.23. The molecule has 2 atom stereocenters. The molecule has 0 aliphatic heterocycles. The van der Waals surface area contributed by atoms with Gasteiger partial charge in [0.1, 0.15) is 6.04 Å². The van der Waals surface area contributed by atoms with Gasteiger partial charge >= 0.3 is 11.9 Å². The van der Waals surface area contributed by atoms with Crippen molar-refractivity contribution in [2.24, 2.45) is 10.9 Å². The van der Waals surface area contributed by atoms with Crippen molar-refractivity contribution >= 4 is 11.9 Å². The van der Waals surface area contributed by atoms with E-state index in [1.54, 1.807) is 6.92 Å². The van der Waals surface area contributed by atoms with Crippen LogP contribution in [0.2, 0.25) is 0 Å². The van der Waals surface area contributed by atoms with Crippen molar-refractivity contribution < 1.29 is 14.7 Å². The number of hydrogen-bond donors (Lipinski definition) is 3. The molecule has 1 amide bonds. The molecule has 0 spiro atoms. The number of carboxylic acids is 1. The number of carbonyl (C=O) groups is 2. The lowest BCUT2D eigenvalue weighted by Gasteiger charge is -2.09. The van der Waals surface area contributed by atoms with Crippen LogP contribution in [0.3, 0.4) is 0 Å². The third-order valence-corrected chi connectivity index (χ3v) is 2.17. The summed E-state index contributed by atoms with van der Waals surface area (Å²) in [4.78, 5) is 31.0. The summed E-state index contributed by atoms with van der Waals surface area (Å²) in [5.74, 6) is -1.75. The first-order chi connectivity index (χ1) is 7.49. The van der Waals surface area contributed by atoms with Crippen LogP contribution in [-0.4, -0.2) is 35.6 Å². The van der Waals surface area contributed by atoms with Crippen molar-refractivity contribution in [3.05, 3.63) is 4.91 Å². The van der Waals surface area contributed by atoms with Gasteiger partial charge in [-0.3, -0.25) is 9.59 Å². The second-order valence-electron chi connectivity index (χ2n) is 3.55. The van der Waals surface area contributed by atoms with E-state index in [9.17, 15) is 14.5 Å². The molecule has 0 fully saturated rings. The lowest BCUT2D eigenvalue weighted by atomic mass is 10.1. The fraction of sp³-hybridized carbons (Fsp3) is 0.778. The lowest BCUT2D eigenvalue weighted by molar-refractivity contribution is -0.138. The molecule has 0 saturated heterocycles. The van der Waals surface area contributed by atoms with Crippen LogP contribution in [0.15, 0.2) is 5.18 Å². The largest absolute Gasteiger partial charge is 0.480 e. The second kappa shape index (κ2) is 7.89. The van der Waals surface area contributed by atoms with Crippen LogP contribution in [-0.2, 0) is 9.59 Å². The first kappa shape index (κ1) is 14.7. The zero-order chi connectivity index (χ0) is 12.6. The van der Waals surface area contributed by atoms with Crippen LogP contribution in [0.5, 0.6) is 0 Å². The maximum Gasteiger partial charge on any atom is 0.320 e. The summed E-state index contributed by atoms with van der Waals surface area (Å²) in [6.07, 6.45) is 1.73. The Morgan fingerprint density at radius 3 is 2.56 bits per heavy atom. The van der Waals surface area contributed by atoms with E-state index >= 15 is 0 Å². The number of nitroso groups, excluding NO2 is 1. The van der Waals surface area contributed by atoms with Gasteiger partial charge < -0.3 is 16.2 Å². The van der Waals surface area contributed by atoms with Gasteiger partial charge in [0.15, 0.2) is 0 Å². The Hall–Kier alpha value is -1.34. The van der Waals surface area contributed by atoms with Gasteiger partial charge in [-0.25, -0.2) is 0 Å². The third-order valence-electron chi connectivity index (χ3n) is 2.17. The molecule has 0 rings (SSSR count). The second-order valence-corrected chi connectivity index (χ2v) is 3.55. The van der Waals surface area contributed by atoms with E-state index in [0.29, 0.717) is 25.8 Å². The Bertz CT molecular complexity index is 257. The first-order valence-electron chi connectivity index (χ1n) is 5.08. The predicted molar refractivity (Wildman–Crippen MR) is 57.7 cm³/mol. The molecule has 0 heterocycles. The summed E-state index contributed by atoms with van der Waals surface area (Å²) >= 11 is 0. The van der Waals surface area contributed by atoms with Gasteiger partial charge in [-0.1, -0.05) is 6.42 Å². The van der Waals surface area contributed by atoms with Gasteiger partial charge in [0, 0.05) is 5.18 Å². The fourth-order valence-corrected chi connectivity index (χ4v) is 1.10. The summed E-state index contributed by atoms with van der Waals surface area (Å²) in [5, 5.41) is 13.6. The molecule has 0 saturated carbocycles. The number of hydrogen-bond acceptors (Lipinski definition) is 5. The molecule has 0 aromatic heterocycles. The van der Waals surface area contributed by atoms with E-state index in [4.69, 9.17) is 10.8 Å². The highest BCUT2D eigenvalue weighted by molar-refractivity contribution is 5.81. The molecule has 7 heteroatoms. The smallest absolute Gasteiger partial charge is 0.320 e. The number of rotatable bonds is 8. The molecule has 92 valence electrons. The zero-order valence-corrected chi connectivity index (χ0v) is 9.18. The number of amides is 1. The van der Waals surface area contributed by atoms with Crippen LogP contribution in [0.4, 0.5) is 0 Å². The molecule has 4 N–H and O–H groups in total. The van der Waals surface area contributed by atoms with Gasteiger partial charge in [0.05, 0.1) is 6.04 Å². The third kappa shape index (κ3) is 6.20. The van der Waals surface area contributed by atoms with Gasteiger partial charge in [0.2, 0.25) is 0 Å². The Morgan fingerprint density at radius 1 is 1.44 bits per heavy atom.